The summed E-state index contributed by atoms with van der Waals surface area (Å²) in [5, 5.41) is 4.55. The first-order valence-corrected chi connectivity index (χ1v) is 8.13. The van der Waals surface area contributed by atoms with Crippen LogP contribution in [0, 0.1) is 6.92 Å². The van der Waals surface area contributed by atoms with Crippen LogP contribution in [0.4, 0.5) is 5.69 Å². The Bertz CT molecular complexity index is 1000. The number of fused-ring (bicyclic) bond motifs is 1. The first kappa shape index (κ1) is 16.7. The first-order valence-electron chi connectivity index (χ1n) is 6.97. The summed E-state index contributed by atoms with van der Waals surface area (Å²) in [4.78, 5) is 17.0. The van der Waals surface area contributed by atoms with Crippen LogP contribution >= 0.6 is 35.4 Å². The molecule has 0 aliphatic rings. The minimum absolute atomic E-state index is 0.226. The van der Waals surface area contributed by atoms with E-state index in [-0.39, 0.29) is 10.7 Å². The minimum Gasteiger partial charge on any atom is -0.331 e. The summed E-state index contributed by atoms with van der Waals surface area (Å²) in [6, 6.07) is 12.2. The Kier molecular flexibility index (Phi) is 4.71. The number of anilines is 1. The molecule has 3 rings (SSSR count). The van der Waals surface area contributed by atoms with E-state index in [1.165, 1.54) is 4.68 Å². The summed E-state index contributed by atoms with van der Waals surface area (Å²) in [6.45, 7) is 1.72. The van der Waals surface area contributed by atoms with E-state index in [1.54, 1.807) is 43.3 Å². The highest BCUT2D eigenvalue weighted by Crippen LogP contribution is 2.24. The molecule has 122 valence electrons. The predicted octanol–water partition coefficient (Wildman–Crippen LogP) is 3.95. The van der Waals surface area contributed by atoms with E-state index >= 15 is 0 Å². The molecule has 2 N–H and O–H groups in total. The maximum Gasteiger partial charge on any atom is 0.280 e. The van der Waals surface area contributed by atoms with Gasteiger partial charge in [0.2, 0.25) is 0 Å². The second-order valence-electron chi connectivity index (χ2n) is 5.01. The summed E-state index contributed by atoms with van der Waals surface area (Å²) in [5.74, 6) is 0.497. The highest BCUT2D eigenvalue weighted by molar-refractivity contribution is 7.80. The van der Waals surface area contributed by atoms with Crippen LogP contribution in [0.15, 0.2) is 47.3 Å². The Morgan fingerprint density at radius 2 is 1.92 bits per heavy atom. The molecular formula is C16H12Cl2N4OS. The van der Waals surface area contributed by atoms with E-state index in [2.05, 4.69) is 15.7 Å². The van der Waals surface area contributed by atoms with Gasteiger partial charge in [-0.25, -0.2) is 9.66 Å². The van der Waals surface area contributed by atoms with Crippen LogP contribution < -0.4 is 16.3 Å². The van der Waals surface area contributed by atoms with Crippen LogP contribution in [-0.2, 0) is 0 Å². The SMILES string of the molecule is Cc1nc2ccccc2c(=O)n1NC(=S)Nc1ccc(Cl)c(Cl)c1. The molecule has 0 unspecified atom stereocenters. The summed E-state index contributed by atoms with van der Waals surface area (Å²) in [6.07, 6.45) is 0. The molecule has 0 aliphatic carbocycles. The number of aromatic nitrogens is 2. The van der Waals surface area contributed by atoms with Gasteiger partial charge in [0.25, 0.3) is 5.56 Å². The highest BCUT2D eigenvalue weighted by atomic mass is 35.5. The van der Waals surface area contributed by atoms with Crippen LogP contribution in [0.25, 0.3) is 10.9 Å². The molecule has 24 heavy (non-hydrogen) atoms. The monoisotopic (exact) mass is 378 g/mol. The molecule has 0 saturated heterocycles. The van der Waals surface area contributed by atoms with E-state index in [1.807, 2.05) is 6.07 Å². The van der Waals surface area contributed by atoms with Crippen molar-refractivity contribution in [1.82, 2.24) is 9.66 Å². The number of thiocarbonyl (C=S) groups is 1. The normalized spacial score (nSPS) is 10.6. The Hall–Kier alpha value is -2.15. The van der Waals surface area contributed by atoms with Gasteiger partial charge in [-0.2, -0.15) is 0 Å². The molecule has 0 saturated carbocycles. The van der Waals surface area contributed by atoms with Crippen molar-refractivity contribution in [3.05, 3.63) is 68.7 Å². The number of rotatable bonds is 2. The van der Waals surface area contributed by atoms with Crippen LogP contribution in [0.1, 0.15) is 5.82 Å². The van der Waals surface area contributed by atoms with Gasteiger partial charge in [-0.3, -0.25) is 10.2 Å². The van der Waals surface area contributed by atoms with Gasteiger partial charge in [0.05, 0.1) is 20.9 Å². The molecule has 0 radical (unpaired) electrons. The maximum atomic E-state index is 12.6. The molecular weight excluding hydrogens is 367 g/mol. The number of nitrogens with zero attached hydrogens (tertiary/aromatic N) is 2. The molecule has 0 atom stereocenters. The fraction of sp³-hybridized carbons (Fsp3) is 0.0625. The number of halogens is 2. The summed E-state index contributed by atoms with van der Waals surface area (Å²) < 4.78 is 1.30. The number of benzene rings is 2. The average Bonchev–Trinajstić information content (AvgIpc) is 2.55. The molecule has 2 aromatic carbocycles. The lowest BCUT2D eigenvalue weighted by Gasteiger charge is -2.15. The number of para-hydroxylation sites is 1. The van der Waals surface area contributed by atoms with Crippen molar-refractivity contribution in [3.63, 3.8) is 0 Å². The van der Waals surface area contributed by atoms with Gasteiger partial charge in [0.1, 0.15) is 5.82 Å². The Labute approximate surface area is 153 Å². The van der Waals surface area contributed by atoms with Gasteiger partial charge in [-0.05, 0) is 49.5 Å². The smallest absolute Gasteiger partial charge is 0.280 e. The van der Waals surface area contributed by atoms with Crippen LogP contribution in [0.3, 0.4) is 0 Å². The van der Waals surface area contributed by atoms with Gasteiger partial charge in [0.15, 0.2) is 5.11 Å². The number of hydrogen-bond donors (Lipinski definition) is 2. The van der Waals surface area contributed by atoms with E-state index < -0.39 is 0 Å². The van der Waals surface area contributed by atoms with Crippen molar-refractivity contribution in [2.75, 3.05) is 10.7 Å². The second-order valence-corrected chi connectivity index (χ2v) is 6.23. The van der Waals surface area contributed by atoms with Crippen molar-refractivity contribution in [2.24, 2.45) is 0 Å². The molecule has 3 aromatic rings. The van der Waals surface area contributed by atoms with E-state index in [0.29, 0.717) is 32.5 Å². The van der Waals surface area contributed by atoms with Gasteiger partial charge in [-0.15, -0.1) is 0 Å². The predicted molar refractivity (Wildman–Crippen MR) is 103 cm³/mol. The number of aryl methyl sites for hydroxylation is 1. The summed E-state index contributed by atoms with van der Waals surface area (Å²) in [7, 11) is 0. The van der Waals surface area contributed by atoms with Gasteiger partial charge in [-0.1, -0.05) is 35.3 Å². The minimum atomic E-state index is -0.226. The molecule has 8 heteroatoms. The molecule has 0 aliphatic heterocycles. The number of nitrogens with one attached hydrogen (secondary N) is 2. The first-order chi connectivity index (χ1) is 11.5. The zero-order valence-electron chi connectivity index (χ0n) is 12.5. The topological polar surface area (TPSA) is 59.0 Å². The average molecular weight is 379 g/mol. The molecule has 0 fully saturated rings. The van der Waals surface area contributed by atoms with Crippen molar-refractivity contribution in [1.29, 1.82) is 0 Å². The van der Waals surface area contributed by atoms with E-state index in [9.17, 15) is 4.79 Å². The van der Waals surface area contributed by atoms with Crippen molar-refractivity contribution in [3.8, 4) is 0 Å². The molecule has 0 amide bonds. The van der Waals surface area contributed by atoms with Crippen molar-refractivity contribution >= 4 is 57.1 Å². The molecule has 5 nitrogen and oxygen atoms in total. The van der Waals surface area contributed by atoms with Gasteiger partial charge < -0.3 is 5.32 Å². The fourth-order valence-electron chi connectivity index (χ4n) is 2.21. The molecule has 0 bridgehead atoms. The van der Waals surface area contributed by atoms with Crippen LogP contribution in [-0.4, -0.2) is 14.8 Å². The molecule has 1 aromatic heterocycles. The largest absolute Gasteiger partial charge is 0.331 e. The second kappa shape index (κ2) is 6.76. The Morgan fingerprint density at radius 1 is 1.17 bits per heavy atom. The lowest BCUT2D eigenvalue weighted by molar-refractivity contribution is 0.839. The summed E-state index contributed by atoms with van der Waals surface area (Å²) in [5.41, 5.74) is 3.91. The van der Waals surface area contributed by atoms with Gasteiger partial charge in [0, 0.05) is 5.69 Å². The Balaban J connectivity index is 1.87. The van der Waals surface area contributed by atoms with Crippen molar-refractivity contribution in [2.45, 2.75) is 6.92 Å². The lowest BCUT2D eigenvalue weighted by Crippen LogP contribution is -2.37. The molecule has 1 heterocycles. The molecule has 0 spiro atoms. The Morgan fingerprint density at radius 3 is 2.67 bits per heavy atom. The zero-order chi connectivity index (χ0) is 17.3. The van der Waals surface area contributed by atoms with Crippen molar-refractivity contribution < 1.29 is 0 Å². The third-order valence-electron chi connectivity index (χ3n) is 3.33. The third kappa shape index (κ3) is 3.36. The lowest BCUT2D eigenvalue weighted by atomic mass is 10.2. The third-order valence-corrected chi connectivity index (χ3v) is 4.27. The highest BCUT2D eigenvalue weighted by Gasteiger charge is 2.09. The van der Waals surface area contributed by atoms with Gasteiger partial charge >= 0.3 is 0 Å². The van der Waals surface area contributed by atoms with Crippen LogP contribution in [0.2, 0.25) is 10.0 Å². The zero-order valence-corrected chi connectivity index (χ0v) is 14.8. The quantitative estimate of drug-likeness (QED) is 0.661. The van der Waals surface area contributed by atoms with E-state index in [0.717, 1.165) is 0 Å². The maximum absolute atomic E-state index is 12.6. The standard InChI is InChI=1S/C16H12Cl2N4OS/c1-9-19-14-5-3-2-4-11(14)15(23)22(9)21-16(24)20-10-6-7-12(17)13(18)8-10/h2-8H,1H3,(H2,20,21,24). The fourth-order valence-corrected chi connectivity index (χ4v) is 2.72. The van der Waals surface area contributed by atoms with Crippen LogP contribution in [0.5, 0.6) is 0 Å². The summed E-state index contributed by atoms with van der Waals surface area (Å²) >= 11 is 17.1. The number of hydrogen-bond acceptors (Lipinski definition) is 3. The van der Waals surface area contributed by atoms with E-state index in [4.69, 9.17) is 35.4 Å².